The van der Waals surface area contributed by atoms with Gasteiger partial charge >= 0.3 is 6.03 Å². The maximum Gasteiger partial charge on any atom is 0.318 e. The van der Waals surface area contributed by atoms with Crippen molar-refractivity contribution in [2.24, 2.45) is 5.73 Å². The Morgan fingerprint density at radius 1 is 1.29 bits per heavy atom. The number of hydrogen-bond acceptors (Lipinski definition) is 5. The molecule has 116 valence electrons. The van der Waals surface area contributed by atoms with Crippen molar-refractivity contribution in [1.82, 2.24) is 10.6 Å². The number of methoxy groups -OCH3 is 1. The standard InChI is InChI=1S/C14H21N3O4/c1-3-6-16-8-10-4-5-11(20-2)12(7-10)21-9-13(18)17-14(15)19/h4-5,7,16H,3,6,8-9H2,1-2H3,(H3,15,17,18,19). The van der Waals surface area contributed by atoms with Crippen LogP contribution in [0.5, 0.6) is 11.5 Å². The van der Waals surface area contributed by atoms with Crippen molar-refractivity contribution in [3.8, 4) is 11.5 Å². The van der Waals surface area contributed by atoms with E-state index in [0.717, 1.165) is 18.5 Å². The summed E-state index contributed by atoms with van der Waals surface area (Å²) in [6.07, 6.45) is 1.05. The second kappa shape index (κ2) is 8.80. The van der Waals surface area contributed by atoms with E-state index in [0.29, 0.717) is 18.0 Å². The van der Waals surface area contributed by atoms with Crippen LogP contribution in [0.25, 0.3) is 0 Å². The summed E-state index contributed by atoms with van der Waals surface area (Å²) in [6.45, 7) is 3.39. The first-order chi connectivity index (χ1) is 10.1. The van der Waals surface area contributed by atoms with Crippen LogP contribution < -0.4 is 25.8 Å². The maximum absolute atomic E-state index is 11.3. The summed E-state index contributed by atoms with van der Waals surface area (Å²) < 4.78 is 10.5. The first-order valence-corrected chi connectivity index (χ1v) is 6.66. The SMILES string of the molecule is CCCNCc1ccc(OC)c(OCC(=O)NC(N)=O)c1. The summed E-state index contributed by atoms with van der Waals surface area (Å²) >= 11 is 0. The van der Waals surface area contributed by atoms with E-state index in [1.165, 1.54) is 7.11 Å². The van der Waals surface area contributed by atoms with E-state index in [9.17, 15) is 9.59 Å². The highest BCUT2D eigenvalue weighted by Gasteiger charge is 2.10. The molecule has 0 spiro atoms. The van der Waals surface area contributed by atoms with Gasteiger partial charge in [-0.3, -0.25) is 10.1 Å². The Balaban J connectivity index is 2.66. The molecule has 7 nitrogen and oxygen atoms in total. The lowest BCUT2D eigenvalue weighted by atomic mass is 10.2. The third kappa shape index (κ3) is 6.13. The van der Waals surface area contributed by atoms with E-state index >= 15 is 0 Å². The molecule has 21 heavy (non-hydrogen) atoms. The quantitative estimate of drug-likeness (QED) is 0.615. The average molecular weight is 295 g/mol. The molecule has 7 heteroatoms. The molecule has 0 saturated heterocycles. The van der Waals surface area contributed by atoms with Crippen molar-refractivity contribution in [1.29, 1.82) is 0 Å². The number of amides is 3. The molecule has 0 saturated carbocycles. The minimum absolute atomic E-state index is 0.314. The molecular weight excluding hydrogens is 274 g/mol. The number of urea groups is 1. The van der Waals surface area contributed by atoms with Crippen LogP contribution in [-0.4, -0.2) is 32.2 Å². The smallest absolute Gasteiger partial charge is 0.318 e. The van der Waals surface area contributed by atoms with Gasteiger partial charge in [-0.25, -0.2) is 4.79 Å². The molecule has 0 fully saturated rings. The van der Waals surface area contributed by atoms with Crippen molar-refractivity contribution < 1.29 is 19.1 Å². The molecule has 0 heterocycles. The van der Waals surface area contributed by atoms with Crippen molar-refractivity contribution in [2.45, 2.75) is 19.9 Å². The highest BCUT2D eigenvalue weighted by Crippen LogP contribution is 2.27. The maximum atomic E-state index is 11.3. The van der Waals surface area contributed by atoms with Crippen molar-refractivity contribution in [2.75, 3.05) is 20.3 Å². The van der Waals surface area contributed by atoms with Gasteiger partial charge in [0.15, 0.2) is 18.1 Å². The largest absolute Gasteiger partial charge is 0.493 e. The Hall–Kier alpha value is -2.28. The fraction of sp³-hybridized carbons (Fsp3) is 0.429. The Morgan fingerprint density at radius 3 is 2.67 bits per heavy atom. The van der Waals surface area contributed by atoms with E-state index < -0.39 is 11.9 Å². The lowest BCUT2D eigenvalue weighted by Crippen LogP contribution is -2.38. The number of carbonyl (C=O) groups is 2. The number of nitrogens with one attached hydrogen (secondary N) is 2. The number of primary amides is 1. The van der Waals surface area contributed by atoms with Crippen LogP contribution in [-0.2, 0) is 11.3 Å². The summed E-state index contributed by atoms with van der Waals surface area (Å²) in [5, 5.41) is 5.20. The van der Waals surface area contributed by atoms with Gasteiger partial charge in [0.1, 0.15) is 0 Å². The van der Waals surface area contributed by atoms with E-state index in [-0.39, 0.29) is 6.61 Å². The van der Waals surface area contributed by atoms with Crippen LogP contribution in [0.4, 0.5) is 4.79 Å². The third-order valence-corrected chi connectivity index (χ3v) is 2.61. The molecule has 0 aliphatic rings. The van der Waals surface area contributed by atoms with Crippen molar-refractivity contribution >= 4 is 11.9 Å². The van der Waals surface area contributed by atoms with Gasteiger partial charge in [0.2, 0.25) is 0 Å². The monoisotopic (exact) mass is 295 g/mol. The highest BCUT2D eigenvalue weighted by atomic mass is 16.5. The number of imide groups is 1. The molecule has 0 radical (unpaired) electrons. The molecule has 0 unspecified atom stereocenters. The van der Waals surface area contributed by atoms with Gasteiger partial charge in [-0.15, -0.1) is 0 Å². The van der Waals surface area contributed by atoms with Crippen LogP contribution in [0.15, 0.2) is 18.2 Å². The van der Waals surface area contributed by atoms with Gasteiger partial charge in [0.25, 0.3) is 5.91 Å². The molecular formula is C14H21N3O4. The molecule has 0 atom stereocenters. The lowest BCUT2D eigenvalue weighted by Gasteiger charge is -2.12. The predicted molar refractivity (Wildman–Crippen MR) is 78.2 cm³/mol. The molecule has 1 rings (SSSR count). The summed E-state index contributed by atoms with van der Waals surface area (Å²) in [5.74, 6) is 0.341. The van der Waals surface area contributed by atoms with E-state index in [4.69, 9.17) is 15.2 Å². The van der Waals surface area contributed by atoms with Gasteiger partial charge in [-0.05, 0) is 30.7 Å². The van der Waals surface area contributed by atoms with Crippen LogP contribution >= 0.6 is 0 Å². The molecule has 1 aromatic rings. The number of nitrogens with two attached hydrogens (primary N) is 1. The summed E-state index contributed by atoms with van der Waals surface area (Å²) in [7, 11) is 1.51. The molecule has 0 aliphatic carbocycles. The molecule has 0 bridgehead atoms. The molecule has 4 N–H and O–H groups in total. The number of rotatable bonds is 8. The summed E-state index contributed by atoms with van der Waals surface area (Å²) in [5.41, 5.74) is 5.86. The first kappa shape index (κ1) is 16.8. The average Bonchev–Trinajstić information content (AvgIpc) is 2.45. The van der Waals surface area contributed by atoms with Gasteiger partial charge < -0.3 is 20.5 Å². The van der Waals surface area contributed by atoms with Crippen LogP contribution in [0.3, 0.4) is 0 Å². The zero-order chi connectivity index (χ0) is 15.7. The minimum Gasteiger partial charge on any atom is -0.493 e. The second-order valence-corrected chi connectivity index (χ2v) is 4.36. The van der Waals surface area contributed by atoms with Crippen LogP contribution in [0.1, 0.15) is 18.9 Å². The Bertz CT molecular complexity index is 491. The highest BCUT2D eigenvalue weighted by molar-refractivity contribution is 5.94. The van der Waals surface area contributed by atoms with Gasteiger partial charge in [-0.2, -0.15) is 0 Å². The van der Waals surface area contributed by atoms with Crippen LogP contribution in [0.2, 0.25) is 0 Å². The zero-order valence-electron chi connectivity index (χ0n) is 12.3. The Morgan fingerprint density at radius 2 is 2.05 bits per heavy atom. The predicted octanol–water partition coefficient (Wildman–Crippen LogP) is 0.768. The van der Waals surface area contributed by atoms with Gasteiger partial charge in [-0.1, -0.05) is 13.0 Å². The third-order valence-electron chi connectivity index (χ3n) is 2.61. The lowest BCUT2D eigenvalue weighted by molar-refractivity contribution is -0.121. The Kier molecular flexibility index (Phi) is 7.03. The zero-order valence-corrected chi connectivity index (χ0v) is 12.3. The van der Waals surface area contributed by atoms with Gasteiger partial charge in [0.05, 0.1) is 7.11 Å². The minimum atomic E-state index is -0.909. The number of hydrogen-bond donors (Lipinski definition) is 3. The molecule has 1 aromatic carbocycles. The van der Waals surface area contributed by atoms with Crippen LogP contribution in [0, 0.1) is 0 Å². The number of benzene rings is 1. The Labute approximate surface area is 123 Å². The number of carbonyl (C=O) groups excluding carboxylic acids is 2. The molecule has 3 amide bonds. The molecule has 0 aliphatic heterocycles. The second-order valence-electron chi connectivity index (χ2n) is 4.36. The topological polar surface area (TPSA) is 103 Å². The number of ether oxygens (including phenoxy) is 2. The first-order valence-electron chi connectivity index (χ1n) is 6.66. The fourth-order valence-electron chi connectivity index (χ4n) is 1.67. The van der Waals surface area contributed by atoms with E-state index in [2.05, 4.69) is 12.2 Å². The summed E-state index contributed by atoms with van der Waals surface area (Å²) in [4.78, 5) is 21.9. The van der Waals surface area contributed by atoms with Crippen molar-refractivity contribution in [3.63, 3.8) is 0 Å². The van der Waals surface area contributed by atoms with Crippen molar-refractivity contribution in [3.05, 3.63) is 23.8 Å². The van der Waals surface area contributed by atoms with E-state index in [1.54, 1.807) is 12.1 Å². The summed E-state index contributed by atoms with van der Waals surface area (Å²) in [6, 6.07) is 4.56. The fourth-order valence-corrected chi connectivity index (χ4v) is 1.67. The van der Waals surface area contributed by atoms with E-state index in [1.807, 2.05) is 11.4 Å². The normalized spacial score (nSPS) is 10.0. The molecule has 0 aromatic heterocycles. The van der Waals surface area contributed by atoms with Gasteiger partial charge in [0, 0.05) is 6.54 Å².